The summed E-state index contributed by atoms with van der Waals surface area (Å²) in [5.74, 6) is -4.24. The number of hydrogen-bond acceptors (Lipinski definition) is 3. The number of halogens is 3. The zero-order chi connectivity index (χ0) is 12.3. The molecule has 1 rings (SSSR count). The van der Waals surface area contributed by atoms with Crippen LogP contribution in [0.15, 0.2) is 16.6 Å². The molecule has 0 fully saturated rings. The molecule has 86 valence electrons. The Labute approximate surface area is 98.5 Å². The van der Waals surface area contributed by atoms with E-state index in [1.54, 1.807) is 0 Å². The number of rotatable bonds is 3. The summed E-state index contributed by atoms with van der Waals surface area (Å²) < 4.78 is 30.5. The summed E-state index contributed by atoms with van der Waals surface area (Å²) in [6.45, 7) is 0. The van der Waals surface area contributed by atoms with E-state index in [1.807, 2.05) is 0 Å². The molecular formula is C10H7BrF2O3. The number of methoxy groups -OCH3 is 1. The third-order valence-corrected chi connectivity index (χ3v) is 2.49. The largest absolute Gasteiger partial charge is 0.463 e. The van der Waals surface area contributed by atoms with E-state index < -0.39 is 29.8 Å². The third-order valence-electron chi connectivity index (χ3n) is 1.88. The molecule has 0 aromatic heterocycles. The second kappa shape index (κ2) is 5.16. The number of hydrogen-bond donors (Lipinski definition) is 0. The molecule has 0 aliphatic carbocycles. The van der Waals surface area contributed by atoms with Crippen LogP contribution >= 0.6 is 15.9 Å². The van der Waals surface area contributed by atoms with Gasteiger partial charge in [0.1, 0.15) is 0 Å². The van der Waals surface area contributed by atoms with Gasteiger partial charge in [-0.3, -0.25) is 4.79 Å². The van der Waals surface area contributed by atoms with Crippen molar-refractivity contribution in [2.75, 3.05) is 7.11 Å². The highest BCUT2D eigenvalue weighted by Gasteiger charge is 2.19. The standard InChI is InChI=1S/C10H7BrF2O3/c1-16-10(15)7(14)4-5-2-3-6(11)9(13)8(5)12/h2-3H,4H2,1H3. The van der Waals surface area contributed by atoms with Gasteiger partial charge in [0.15, 0.2) is 11.6 Å². The molecule has 0 heterocycles. The number of carbonyl (C=O) groups is 2. The Balaban J connectivity index is 2.95. The smallest absolute Gasteiger partial charge is 0.374 e. The SMILES string of the molecule is COC(=O)C(=O)Cc1ccc(Br)c(F)c1F. The van der Waals surface area contributed by atoms with E-state index in [2.05, 4.69) is 20.7 Å². The van der Waals surface area contributed by atoms with Gasteiger partial charge in [-0.2, -0.15) is 0 Å². The molecule has 0 saturated heterocycles. The van der Waals surface area contributed by atoms with Crippen LogP contribution in [-0.2, 0) is 20.7 Å². The Bertz CT molecular complexity index is 446. The number of benzene rings is 1. The molecule has 0 aliphatic heterocycles. The van der Waals surface area contributed by atoms with Crippen molar-refractivity contribution in [1.82, 2.24) is 0 Å². The Morgan fingerprint density at radius 1 is 1.31 bits per heavy atom. The van der Waals surface area contributed by atoms with E-state index in [0.717, 1.165) is 7.11 Å². The summed E-state index contributed by atoms with van der Waals surface area (Å²) >= 11 is 2.80. The monoisotopic (exact) mass is 292 g/mol. The minimum absolute atomic E-state index is 0.0423. The van der Waals surface area contributed by atoms with Gasteiger partial charge < -0.3 is 4.74 Å². The van der Waals surface area contributed by atoms with Gasteiger partial charge in [0.25, 0.3) is 0 Å². The number of ketones is 1. The summed E-state index contributed by atoms with van der Waals surface area (Å²) in [5, 5.41) is 0. The van der Waals surface area contributed by atoms with Crippen LogP contribution in [0.1, 0.15) is 5.56 Å². The van der Waals surface area contributed by atoms with Crippen molar-refractivity contribution in [2.24, 2.45) is 0 Å². The maximum Gasteiger partial charge on any atom is 0.374 e. The molecule has 1 aromatic carbocycles. The van der Waals surface area contributed by atoms with Crippen molar-refractivity contribution in [3.05, 3.63) is 33.8 Å². The van der Waals surface area contributed by atoms with Gasteiger partial charge in [-0.1, -0.05) is 6.07 Å². The lowest BCUT2D eigenvalue weighted by atomic mass is 10.1. The fourth-order valence-corrected chi connectivity index (χ4v) is 1.37. The van der Waals surface area contributed by atoms with Crippen LogP contribution in [0.3, 0.4) is 0 Å². The van der Waals surface area contributed by atoms with Crippen LogP contribution < -0.4 is 0 Å². The predicted octanol–water partition coefficient (Wildman–Crippen LogP) is 2.01. The van der Waals surface area contributed by atoms with Gasteiger partial charge in [-0.15, -0.1) is 0 Å². The number of ether oxygens (including phenoxy) is 1. The average Bonchev–Trinajstić information content (AvgIpc) is 2.28. The number of Topliss-reactive ketones (excluding diaryl/α,β-unsaturated/α-hetero) is 1. The van der Waals surface area contributed by atoms with Crippen LogP contribution in [0, 0.1) is 11.6 Å². The van der Waals surface area contributed by atoms with E-state index in [1.165, 1.54) is 12.1 Å². The maximum atomic E-state index is 13.3. The topological polar surface area (TPSA) is 43.4 Å². The average molecular weight is 293 g/mol. The fraction of sp³-hybridized carbons (Fsp3) is 0.200. The Hall–Kier alpha value is -1.30. The molecule has 1 aromatic rings. The lowest BCUT2D eigenvalue weighted by Gasteiger charge is -2.03. The summed E-state index contributed by atoms with van der Waals surface area (Å²) in [4.78, 5) is 21.9. The molecule has 16 heavy (non-hydrogen) atoms. The first-order valence-corrected chi connectivity index (χ1v) is 5.00. The first kappa shape index (κ1) is 12.8. The molecule has 0 bridgehead atoms. The minimum atomic E-state index is -1.15. The van der Waals surface area contributed by atoms with Gasteiger partial charge in [-0.25, -0.2) is 13.6 Å². The first-order valence-electron chi connectivity index (χ1n) is 4.21. The van der Waals surface area contributed by atoms with E-state index in [0.29, 0.717) is 0 Å². The van der Waals surface area contributed by atoms with Gasteiger partial charge in [-0.05, 0) is 27.6 Å². The highest BCUT2D eigenvalue weighted by molar-refractivity contribution is 9.10. The van der Waals surface area contributed by atoms with E-state index in [9.17, 15) is 18.4 Å². The zero-order valence-electron chi connectivity index (χ0n) is 8.22. The Morgan fingerprint density at radius 3 is 2.50 bits per heavy atom. The van der Waals surface area contributed by atoms with Crippen molar-refractivity contribution in [3.63, 3.8) is 0 Å². The number of esters is 1. The molecule has 0 N–H and O–H groups in total. The van der Waals surface area contributed by atoms with Crippen LogP contribution in [0.4, 0.5) is 8.78 Å². The zero-order valence-corrected chi connectivity index (χ0v) is 9.81. The fourth-order valence-electron chi connectivity index (χ4n) is 1.06. The Morgan fingerprint density at radius 2 is 1.94 bits per heavy atom. The van der Waals surface area contributed by atoms with E-state index in [-0.39, 0.29) is 10.0 Å². The van der Waals surface area contributed by atoms with Crippen molar-refractivity contribution in [2.45, 2.75) is 6.42 Å². The minimum Gasteiger partial charge on any atom is -0.463 e. The maximum absolute atomic E-state index is 13.3. The Kier molecular flexibility index (Phi) is 4.12. The highest BCUT2D eigenvalue weighted by Crippen LogP contribution is 2.21. The molecule has 0 atom stereocenters. The molecule has 0 saturated carbocycles. The second-order valence-corrected chi connectivity index (χ2v) is 3.78. The molecule has 3 nitrogen and oxygen atoms in total. The summed E-state index contributed by atoms with van der Waals surface area (Å²) in [6, 6.07) is 2.49. The van der Waals surface area contributed by atoms with Crippen molar-refractivity contribution < 1.29 is 23.1 Å². The lowest BCUT2D eigenvalue weighted by Crippen LogP contribution is -2.18. The third kappa shape index (κ3) is 2.63. The summed E-state index contributed by atoms with van der Waals surface area (Å²) in [6.07, 6.45) is -0.525. The number of carbonyl (C=O) groups excluding carboxylic acids is 2. The first-order chi connectivity index (χ1) is 7.47. The van der Waals surface area contributed by atoms with Crippen LogP contribution in [0.25, 0.3) is 0 Å². The molecular weight excluding hydrogens is 286 g/mol. The van der Waals surface area contributed by atoms with Crippen molar-refractivity contribution in [1.29, 1.82) is 0 Å². The van der Waals surface area contributed by atoms with Crippen LogP contribution in [0.5, 0.6) is 0 Å². The lowest BCUT2D eigenvalue weighted by molar-refractivity contribution is -0.151. The highest BCUT2D eigenvalue weighted by atomic mass is 79.9. The van der Waals surface area contributed by atoms with Crippen molar-refractivity contribution >= 4 is 27.7 Å². The van der Waals surface area contributed by atoms with Gasteiger partial charge in [0.2, 0.25) is 5.78 Å². The summed E-state index contributed by atoms with van der Waals surface area (Å²) in [5.41, 5.74) is -0.184. The summed E-state index contributed by atoms with van der Waals surface area (Å²) in [7, 11) is 1.04. The normalized spacial score (nSPS) is 10.0. The predicted molar refractivity (Wildman–Crippen MR) is 54.8 cm³/mol. The second-order valence-electron chi connectivity index (χ2n) is 2.93. The molecule has 0 spiro atoms. The molecule has 0 radical (unpaired) electrons. The van der Waals surface area contributed by atoms with Crippen LogP contribution in [0.2, 0.25) is 0 Å². The van der Waals surface area contributed by atoms with E-state index >= 15 is 0 Å². The van der Waals surface area contributed by atoms with Gasteiger partial charge in [0, 0.05) is 6.42 Å². The van der Waals surface area contributed by atoms with Gasteiger partial charge >= 0.3 is 5.97 Å². The van der Waals surface area contributed by atoms with E-state index in [4.69, 9.17) is 0 Å². The molecule has 0 unspecified atom stereocenters. The quantitative estimate of drug-likeness (QED) is 0.486. The van der Waals surface area contributed by atoms with Crippen molar-refractivity contribution in [3.8, 4) is 0 Å². The van der Waals surface area contributed by atoms with Crippen LogP contribution in [-0.4, -0.2) is 18.9 Å². The molecule has 0 amide bonds. The molecule has 0 aliphatic rings. The molecule has 6 heteroatoms. The van der Waals surface area contributed by atoms with Gasteiger partial charge in [0.05, 0.1) is 11.6 Å².